The van der Waals surface area contributed by atoms with Crippen molar-refractivity contribution >= 4 is 51.2 Å². The van der Waals surface area contributed by atoms with Crippen LogP contribution < -0.4 is 19.4 Å². The van der Waals surface area contributed by atoms with Crippen molar-refractivity contribution in [3.8, 4) is 44.9 Å². The van der Waals surface area contributed by atoms with Crippen LogP contribution in [0.1, 0.15) is 22.3 Å². The third kappa shape index (κ3) is 6.39. The van der Waals surface area contributed by atoms with E-state index in [1.165, 1.54) is 55.6 Å². The highest BCUT2D eigenvalue weighted by molar-refractivity contribution is 6.01. The van der Waals surface area contributed by atoms with E-state index in [4.69, 9.17) is 4.74 Å². The minimum atomic E-state index is -0.760. The minimum Gasteiger partial charge on any atom is -0.453 e. The zero-order chi connectivity index (χ0) is 46.9. The Hall–Kier alpha value is -9.38. The van der Waals surface area contributed by atoms with E-state index in [9.17, 15) is 0 Å². The first-order valence-corrected chi connectivity index (χ1v) is 24.3. The summed E-state index contributed by atoms with van der Waals surface area (Å²) in [5, 5.41) is 0. The summed E-state index contributed by atoms with van der Waals surface area (Å²) < 4.78 is 6.90. The molecule has 0 bridgehead atoms. The van der Waals surface area contributed by atoms with Crippen LogP contribution in [-0.4, -0.2) is 0 Å². The number of ether oxygens (including phenoxy) is 1. The lowest BCUT2D eigenvalue weighted by Crippen LogP contribution is -2.37. The maximum Gasteiger partial charge on any atom is 0.151 e. The molecule has 0 saturated carbocycles. The second kappa shape index (κ2) is 16.4. The zero-order valence-electron chi connectivity index (χ0n) is 38.7. The van der Waals surface area contributed by atoms with Crippen molar-refractivity contribution < 1.29 is 4.74 Å². The van der Waals surface area contributed by atoms with Gasteiger partial charge < -0.3 is 19.4 Å². The fourth-order valence-corrected chi connectivity index (χ4v) is 11.6. The van der Waals surface area contributed by atoms with Gasteiger partial charge >= 0.3 is 0 Å². The molecule has 1 spiro atoms. The molecule has 14 rings (SSSR count). The first-order chi connectivity index (χ1) is 35.2. The van der Waals surface area contributed by atoms with Crippen LogP contribution in [0.25, 0.3) is 33.4 Å². The number of hydrogen-bond acceptors (Lipinski definition) is 4. The van der Waals surface area contributed by atoms with Crippen LogP contribution in [0.15, 0.2) is 273 Å². The van der Waals surface area contributed by atoms with Crippen molar-refractivity contribution in [1.29, 1.82) is 0 Å². The largest absolute Gasteiger partial charge is 0.453 e. The van der Waals surface area contributed by atoms with Crippen LogP contribution in [-0.2, 0) is 5.41 Å². The average molecular weight is 908 g/mol. The highest BCUT2D eigenvalue weighted by Crippen LogP contribution is 2.67. The number of nitrogens with zero attached hydrogens (tertiary/aromatic N) is 3. The average Bonchev–Trinajstić information content (AvgIpc) is 3.72. The van der Waals surface area contributed by atoms with Crippen molar-refractivity contribution in [3.63, 3.8) is 0 Å². The number of para-hydroxylation sites is 6. The Balaban J connectivity index is 1.02. The van der Waals surface area contributed by atoms with Gasteiger partial charge in [0.1, 0.15) is 0 Å². The summed E-state index contributed by atoms with van der Waals surface area (Å²) in [6, 6.07) is 99.0. The minimum absolute atomic E-state index is 0.760. The molecular formula is C67H45N3O. The summed E-state index contributed by atoms with van der Waals surface area (Å²) in [6.07, 6.45) is 0. The number of anilines is 9. The molecule has 4 nitrogen and oxygen atoms in total. The number of fused-ring (bicyclic) bond motifs is 11. The lowest BCUT2D eigenvalue weighted by molar-refractivity contribution is 0.473. The second-order valence-electron chi connectivity index (χ2n) is 18.5. The van der Waals surface area contributed by atoms with Gasteiger partial charge in [-0.15, -0.1) is 0 Å². The summed E-state index contributed by atoms with van der Waals surface area (Å²) in [6.45, 7) is 0. The maximum absolute atomic E-state index is 6.90. The van der Waals surface area contributed by atoms with Gasteiger partial charge in [-0.2, -0.15) is 0 Å². The first-order valence-electron chi connectivity index (χ1n) is 24.3. The molecule has 11 aromatic carbocycles. The third-order valence-electron chi connectivity index (χ3n) is 14.6. The van der Waals surface area contributed by atoms with E-state index < -0.39 is 5.41 Å². The number of benzene rings is 11. The molecule has 0 fully saturated rings. The molecular weight excluding hydrogens is 863 g/mol. The maximum atomic E-state index is 6.90. The van der Waals surface area contributed by atoms with Gasteiger partial charge in [0.15, 0.2) is 11.5 Å². The van der Waals surface area contributed by atoms with E-state index in [-0.39, 0.29) is 0 Å². The lowest BCUT2D eigenvalue weighted by atomic mass is 9.64. The predicted molar refractivity (Wildman–Crippen MR) is 292 cm³/mol. The van der Waals surface area contributed by atoms with Crippen LogP contribution in [0, 0.1) is 0 Å². The van der Waals surface area contributed by atoms with Crippen molar-refractivity contribution in [2.45, 2.75) is 5.41 Å². The van der Waals surface area contributed by atoms with Crippen LogP contribution in [0.5, 0.6) is 11.5 Å². The molecule has 71 heavy (non-hydrogen) atoms. The van der Waals surface area contributed by atoms with Gasteiger partial charge in [0.2, 0.25) is 0 Å². The van der Waals surface area contributed by atoms with E-state index in [0.717, 1.165) is 62.7 Å². The molecule has 2 heterocycles. The van der Waals surface area contributed by atoms with Crippen LogP contribution in [0.4, 0.5) is 51.2 Å². The molecule has 0 saturated heterocycles. The topological polar surface area (TPSA) is 19.0 Å². The second-order valence-corrected chi connectivity index (χ2v) is 18.5. The molecule has 0 amide bonds. The molecule has 1 aliphatic carbocycles. The molecule has 334 valence electrons. The fraction of sp³-hybridized carbons (Fsp3) is 0.0149. The van der Waals surface area contributed by atoms with Crippen LogP contribution in [0.3, 0.4) is 0 Å². The molecule has 0 N–H and O–H groups in total. The van der Waals surface area contributed by atoms with Gasteiger partial charge in [-0.1, -0.05) is 176 Å². The Morgan fingerprint density at radius 3 is 1.21 bits per heavy atom. The fourth-order valence-electron chi connectivity index (χ4n) is 11.6. The molecule has 4 heteroatoms. The molecule has 0 radical (unpaired) electrons. The monoisotopic (exact) mass is 907 g/mol. The Morgan fingerprint density at radius 1 is 0.282 bits per heavy atom. The van der Waals surface area contributed by atoms with Crippen LogP contribution >= 0.6 is 0 Å². The van der Waals surface area contributed by atoms with Gasteiger partial charge in [0, 0.05) is 34.1 Å². The van der Waals surface area contributed by atoms with Gasteiger partial charge in [0.05, 0.1) is 22.5 Å². The molecule has 0 aromatic heterocycles. The quantitative estimate of drug-likeness (QED) is 0.151. The van der Waals surface area contributed by atoms with Gasteiger partial charge in [-0.05, 0) is 153 Å². The Kier molecular flexibility index (Phi) is 9.39. The lowest BCUT2D eigenvalue weighted by Gasteiger charge is -2.47. The smallest absolute Gasteiger partial charge is 0.151 e. The standard InChI is InChI=1S/C67H45N3O/c1-5-18-46(19-6-1)48-32-36-52(37-33-48)68(50-22-9-3-10-23-50)54-40-42-56-57-43-41-55(69(51-24-11-4-12-25-51)53-38-34-49(35-39-53)47-20-7-2-8-21-47)45-61(57)67(60(56)44-54)58-26-13-14-28-62(58)70-63-29-15-16-30-64(63)71-65-31-17-27-59(67)66(65)70/h1-45H. The van der Waals surface area contributed by atoms with Crippen LogP contribution in [0.2, 0.25) is 0 Å². The summed E-state index contributed by atoms with van der Waals surface area (Å²) in [5.41, 5.74) is 20.9. The van der Waals surface area contributed by atoms with E-state index >= 15 is 0 Å². The van der Waals surface area contributed by atoms with Crippen molar-refractivity contribution in [1.82, 2.24) is 0 Å². The number of hydrogen-bond donors (Lipinski definition) is 0. The summed E-state index contributed by atoms with van der Waals surface area (Å²) in [5.74, 6) is 1.68. The van der Waals surface area contributed by atoms with Crippen molar-refractivity contribution in [2.24, 2.45) is 0 Å². The Morgan fingerprint density at radius 2 is 0.676 bits per heavy atom. The van der Waals surface area contributed by atoms with Crippen molar-refractivity contribution in [3.05, 3.63) is 295 Å². The molecule has 3 aliphatic rings. The Labute approximate surface area is 414 Å². The van der Waals surface area contributed by atoms with E-state index in [1.807, 2.05) is 0 Å². The summed E-state index contributed by atoms with van der Waals surface area (Å²) >= 11 is 0. The molecule has 11 aromatic rings. The SMILES string of the molecule is c1ccc(-c2ccc(N(c3ccccc3)c3ccc4c(c3)C3(c5cc(N(c6ccccc6)c6ccc(-c7ccccc7)cc6)ccc5-4)c4ccccc4N4c5ccccc5Oc5cccc3c54)cc2)cc1. The van der Waals surface area contributed by atoms with Crippen molar-refractivity contribution in [2.75, 3.05) is 14.7 Å². The normalized spacial score (nSPS) is 13.0. The highest BCUT2D eigenvalue weighted by Gasteiger charge is 2.54. The first kappa shape index (κ1) is 40.7. The predicted octanol–water partition coefficient (Wildman–Crippen LogP) is 18.2. The summed E-state index contributed by atoms with van der Waals surface area (Å²) in [4.78, 5) is 7.23. The molecule has 2 aliphatic heterocycles. The van der Waals surface area contributed by atoms with E-state index in [2.05, 4.69) is 288 Å². The van der Waals surface area contributed by atoms with E-state index in [0.29, 0.717) is 0 Å². The Bertz CT molecular complexity index is 3610. The van der Waals surface area contributed by atoms with Gasteiger partial charge in [0.25, 0.3) is 0 Å². The van der Waals surface area contributed by atoms with Gasteiger partial charge in [-0.3, -0.25) is 0 Å². The third-order valence-corrected chi connectivity index (χ3v) is 14.6. The number of rotatable bonds is 8. The molecule has 0 atom stereocenters. The van der Waals surface area contributed by atoms with Gasteiger partial charge in [-0.25, -0.2) is 0 Å². The zero-order valence-corrected chi connectivity index (χ0v) is 38.7. The summed E-state index contributed by atoms with van der Waals surface area (Å²) in [7, 11) is 0. The van der Waals surface area contributed by atoms with E-state index in [1.54, 1.807) is 0 Å². The highest BCUT2D eigenvalue weighted by atomic mass is 16.5. The molecule has 0 unspecified atom stereocenters.